The molecule has 0 aromatic heterocycles. The second-order valence-corrected chi connectivity index (χ2v) is 8.06. The van der Waals surface area contributed by atoms with Crippen LogP contribution in [0, 0.1) is 0 Å². The summed E-state index contributed by atoms with van der Waals surface area (Å²) in [4.78, 5) is 24.6. The minimum absolute atomic E-state index is 0.0360. The molecule has 0 heterocycles. The fourth-order valence-corrected chi connectivity index (χ4v) is 3.27. The number of benzene rings is 2. The maximum atomic E-state index is 12.3. The Kier molecular flexibility index (Phi) is 7.57. The van der Waals surface area contributed by atoms with Crippen LogP contribution in [-0.4, -0.2) is 33.2 Å². The van der Waals surface area contributed by atoms with Gasteiger partial charge in [-0.15, -0.1) is 0 Å². The van der Waals surface area contributed by atoms with Gasteiger partial charge in [-0.2, -0.15) is 0 Å². The van der Waals surface area contributed by atoms with Gasteiger partial charge in [0.05, 0.1) is 23.5 Å². The lowest BCUT2D eigenvalue weighted by atomic mass is 10.0. The largest absolute Gasteiger partial charge is 0.452 e. The highest BCUT2D eigenvalue weighted by molar-refractivity contribution is 7.92. The molecule has 1 amide bonds. The summed E-state index contributed by atoms with van der Waals surface area (Å²) in [5.41, 5.74) is 1.11. The normalized spacial score (nSPS) is 12.1. The molecule has 2 rings (SSSR count). The van der Waals surface area contributed by atoms with Gasteiger partial charge in [0, 0.05) is 0 Å². The lowest BCUT2D eigenvalue weighted by Crippen LogP contribution is -2.32. The second-order valence-electron chi connectivity index (χ2n) is 6.32. The molecule has 0 fully saturated rings. The minimum Gasteiger partial charge on any atom is -0.452 e. The van der Waals surface area contributed by atoms with E-state index >= 15 is 0 Å². The highest BCUT2D eigenvalue weighted by Crippen LogP contribution is 2.19. The van der Waals surface area contributed by atoms with Gasteiger partial charge in [-0.1, -0.05) is 55.8 Å². The van der Waals surface area contributed by atoms with Crippen molar-refractivity contribution in [3.63, 3.8) is 0 Å². The number of anilines is 1. The smallest absolute Gasteiger partial charge is 0.340 e. The summed E-state index contributed by atoms with van der Waals surface area (Å²) >= 11 is 0. The molecule has 0 saturated carbocycles. The lowest BCUT2D eigenvalue weighted by Gasteiger charge is -2.18. The Morgan fingerprint density at radius 2 is 1.68 bits per heavy atom. The van der Waals surface area contributed by atoms with Gasteiger partial charge in [0.2, 0.25) is 10.0 Å². The third-order valence-corrected chi connectivity index (χ3v) is 4.48. The predicted octanol–water partition coefficient (Wildman–Crippen LogP) is 2.87. The van der Waals surface area contributed by atoms with Crippen molar-refractivity contribution in [2.24, 2.45) is 0 Å². The summed E-state index contributed by atoms with van der Waals surface area (Å²) < 4.78 is 30.2. The molecular weight excluding hydrogens is 380 g/mol. The highest BCUT2D eigenvalue weighted by atomic mass is 32.2. The number of amides is 1. The molecule has 0 radical (unpaired) electrons. The van der Waals surface area contributed by atoms with Gasteiger partial charge < -0.3 is 10.1 Å². The van der Waals surface area contributed by atoms with Gasteiger partial charge >= 0.3 is 5.97 Å². The van der Waals surface area contributed by atoms with Crippen molar-refractivity contribution >= 4 is 27.6 Å². The molecule has 7 nitrogen and oxygen atoms in total. The maximum absolute atomic E-state index is 12.3. The van der Waals surface area contributed by atoms with Crippen molar-refractivity contribution in [3.8, 4) is 0 Å². The van der Waals surface area contributed by atoms with Gasteiger partial charge in [-0.25, -0.2) is 13.2 Å². The number of esters is 1. The van der Waals surface area contributed by atoms with E-state index in [9.17, 15) is 18.0 Å². The summed E-state index contributed by atoms with van der Waals surface area (Å²) in [7, 11) is -3.55. The van der Waals surface area contributed by atoms with Gasteiger partial charge in [0.15, 0.2) is 6.61 Å². The molecule has 1 atom stereocenters. The average Bonchev–Trinajstić information content (AvgIpc) is 2.65. The van der Waals surface area contributed by atoms with Gasteiger partial charge in [-0.05, 0) is 24.1 Å². The van der Waals surface area contributed by atoms with Crippen LogP contribution in [-0.2, 0) is 19.6 Å². The Bertz CT molecular complexity index is 913. The zero-order chi connectivity index (χ0) is 20.6. The fraction of sp³-hybridized carbons (Fsp3) is 0.300. The number of hydrogen-bond acceptors (Lipinski definition) is 5. The summed E-state index contributed by atoms with van der Waals surface area (Å²) in [6.07, 6.45) is 2.62. The SMILES string of the molecule is CCC[C@@H](NC(=O)COC(=O)c1ccccc1NS(C)(=O)=O)c1ccccc1. The topological polar surface area (TPSA) is 102 Å². The first-order valence-electron chi connectivity index (χ1n) is 8.88. The van der Waals surface area contributed by atoms with Crippen LogP contribution in [0.15, 0.2) is 54.6 Å². The van der Waals surface area contributed by atoms with E-state index in [1.807, 2.05) is 37.3 Å². The van der Waals surface area contributed by atoms with Gasteiger partial charge in [0.1, 0.15) is 0 Å². The number of carbonyl (C=O) groups is 2. The van der Waals surface area contributed by atoms with Crippen LogP contribution >= 0.6 is 0 Å². The Morgan fingerprint density at radius 1 is 1.04 bits per heavy atom. The van der Waals surface area contributed by atoms with E-state index in [1.54, 1.807) is 12.1 Å². The molecule has 2 aromatic carbocycles. The van der Waals surface area contributed by atoms with Crippen molar-refractivity contribution in [1.29, 1.82) is 0 Å². The number of sulfonamides is 1. The van der Waals surface area contributed by atoms with E-state index in [0.29, 0.717) is 0 Å². The molecule has 0 spiro atoms. The molecule has 0 aliphatic rings. The van der Waals surface area contributed by atoms with E-state index in [4.69, 9.17) is 4.74 Å². The third-order valence-electron chi connectivity index (χ3n) is 3.89. The molecule has 8 heteroatoms. The fourth-order valence-electron chi connectivity index (χ4n) is 2.69. The molecule has 0 saturated heterocycles. The Hall–Kier alpha value is -2.87. The molecule has 0 bridgehead atoms. The maximum Gasteiger partial charge on any atom is 0.340 e. The quantitative estimate of drug-likeness (QED) is 0.626. The molecule has 2 N–H and O–H groups in total. The Labute approximate surface area is 165 Å². The van der Waals surface area contributed by atoms with Crippen LogP contribution < -0.4 is 10.0 Å². The first-order chi connectivity index (χ1) is 13.3. The van der Waals surface area contributed by atoms with Crippen LogP contribution in [0.2, 0.25) is 0 Å². The van der Waals surface area contributed by atoms with Gasteiger partial charge in [0.25, 0.3) is 5.91 Å². The number of para-hydroxylation sites is 1. The minimum atomic E-state index is -3.55. The first kappa shape index (κ1) is 21.4. The van der Waals surface area contributed by atoms with Crippen molar-refractivity contribution in [2.75, 3.05) is 17.6 Å². The second kappa shape index (κ2) is 9.89. The van der Waals surface area contributed by atoms with Crippen molar-refractivity contribution in [2.45, 2.75) is 25.8 Å². The van der Waals surface area contributed by atoms with Gasteiger partial charge in [-0.3, -0.25) is 9.52 Å². The molecule has 150 valence electrons. The zero-order valence-electron chi connectivity index (χ0n) is 15.8. The van der Waals surface area contributed by atoms with Crippen LogP contribution in [0.25, 0.3) is 0 Å². The molecular formula is C20H24N2O5S. The number of carbonyl (C=O) groups excluding carboxylic acids is 2. The van der Waals surface area contributed by atoms with E-state index in [0.717, 1.165) is 24.7 Å². The number of rotatable bonds is 9. The number of nitrogens with one attached hydrogen (secondary N) is 2. The Balaban J connectivity index is 2.00. The zero-order valence-corrected chi connectivity index (χ0v) is 16.7. The van der Waals surface area contributed by atoms with E-state index < -0.39 is 28.5 Å². The monoisotopic (exact) mass is 404 g/mol. The third kappa shape index (κ3) is 6.70. The van der Waals surface area contributed by atoms with Crippen molar-refractivity contribution in [3.05, 3.63) is 65.7 Å². The summed E-state index contributed by atoms with van der Waals surface area (Å²) in [6.45, 7) is 1.56. The molecule has 0 aliphatic carbocycles. The van der Waals surface area contributed by atoms with E-state index in [2.05, 4.69) is 10.0 Å². The summed E-state index contributed by atoms with van der Waals surface area (Å²) in [5.74, 6) is -1.21. The van der Waals surface area contributed by atoms with Crippen LogP contribution in [0.3, 0.4) is 0 Å². The number of ether oxygens (including phenoxy) is 1. The predicted molar refractivity (Wildman–Crippen MR) is 107 cm³/mol. The molecule has 0 aliphatic heterocycles. The standard InChI is InChI=1S/C20H24N2O5S/c1-3-9-17(15-10-5-4-6-11-15)21-19(23)14-27-20(24)16-12-7-8-13-18(16)22-28(2,25)26/h4-8,10-13,17,22H,3,9,14H2,1-2H3,(H,21,23)/t17-/m1/s1. The molecule has 0 unspecified atom stereocenters. The van der Waals surface area contributed by atoms with Crippen LogP contribution in [0.5, 0.6) is 0 Å². The summed E-state index contributed by atoms with van der Waals surface area (Å²) in [5, 5.41) is 2.87. The number of hydrogen-bond donors (Lipinski definition) is 2. The summed E-state index contributed by atoms with van der Waals surface area (Å²) in [6, 6.07) is 15.4. The van der Waals surface area contributed by atoms with Crippen molar-refractivity contribution in [1.82, 2.24) is 5.32 Å². The molecule has 2 aromatic rings. The highest BCUT2D eigenvalue weighted by Gasteiger charge is 2.18. The average molecular weight is 404 g/mol. The van der Waals surface area contributed by atoms with E-state index in [-0.39, 0.29) is 17.3 Å². The van der Waals surface area contributed by atoms with Crippen LogP contribution in [0.1, 0.15) is 41.7 Å². The van der Waals surface area contributed by atoms with Crippen molar-refractivity contribution < 1.29 is 22.7 Å². The van der Waals surface area contributed by atoms with Crippen LogP contribution in [0.4, 0.5) is 5.69 Å². The first-order valence-corrected chi connectivity index (χ1v) is 10.8. The van der Waals surface area contributed by atoms with E-state index in [1.165, 1.54) is 12.1 Å². The Morgan fingerprint density at radius 3 is 2.32 bits per heavy atom. The molecule has 28 heavy (non-hydrogen) atoms. The lowest BCUT2D eigenvalue weighted by molar-refractivity contribution is -0.125.